The van der Waals surface area contributed by atoms with Gasteiger partial charge in [0.05, 0.1) is 6.20 Å². The predicted octanol–water partition coefficient (Wildman–Crippen LogP) is 2.94. The zero-order valence-corrected chi connectivity index (χ0v) is 10.2. The van der Waals surface area contributed by atoms with Crippen molar-refractivity contribution in [2.24, 2.45) is 10.3 Å². The van der Waals surface area contributed by atoms with Crippen molar-refractivity contribution in [1.29, 1.82) is 0 Å². The van der Waals surface area contributed by atoms with Gasteiger partial charge in [-0.25, -0.2) is 0 Å². The van der Waals surface area contributed by atoms with E-state index in [0.717, 1.165) is 16.7 Å². The number of nitro groups is 1. The van der Waals surface area contributed by atoms with Gasteiger partial charge in [-0.15, -0.1) is 10.5 Å². The first-order valence-corrected chi connectivity index (χ1v) is 5.76. The number of hydrogen-bond donors (Lipinski definition) is 0. The Hall–Kier alpha value is -3.09. The average Bonchev–Trinajstić information content (AvgIpc) is 3.02. The summed E-state index contributed by atoms with van der Waals surface area (Å²) in [7, 11) is 0. The van der Waals surface area contributed by atoms with Gasteiger partial charge in [-0.2, -0.15) is 0 Å². The summed E-state index contributed by atoms with van der Waals surface area (Å²) in [5.41, 5.74) is 6.94. The summed E-state index contributed by atoms with van der Waals surface area (Å²) in [6.45, 7) is 0. The van der Waals surface area contributed by atoms with E-state index in [-0.39, 0.29) is 5.82 Å². The summed E-state index contributed by atoms with van der Waals surface area (Å²) in [5.74, 6) is -0.170. The lowest BCUT2D eigenvalue weighted by molar-refractivity contribution is -0.389. The van der Waals surface area contributed by atoms with Crippen molar-refractivity contribution in [2.75, 3.05) is 0 Å². The van der Waals surface area contributed by atoms with Crippen LogP contribution in [0.4, 0.5) is 5.82 Å². The van der Waals surface area contributed by atoms with Crippen LogP contribution in [0.25, 0.3) is 16.8 Å². The number of benzene rings is 1. The summed E-state index contributed by atoms with van der Waals surface area (Å²) in [6, 6.07) is 10.6. The van der Waals surface area contributed by atoms with Gasteiger partial charge >= 0.3 is 5.82 Å². The highest BCUT2D eigenvalue weighted by molar-refractivity contribution is 5.72. The number of hydrogen-bond acceptors (Lipinski definition) is 5. The maximum atomic E-state index is 10.6. The van der Waals surface area contributed by atoms with Crippen LogP contribution >= 0.6 is 0 Å². The number of aromatic nitrogens is 1. The Bertz CT molecular complexity index is 722. The van der Waals surface area contributed by atoms with Crippen LogP contribution in [0.1, 0.15) is 5.56 Å². The number of nitrogens with zero attached hydrogens (tertiary/aromatic N) is 5. The molecule has 0 aliphatic carbocycles. The Labute approximate surface area is 113 Å². The zero-order valence-electron chi connectivity index (χ0n) is 10.2. The summed E-state index contributed by atoms with van der Waals surface area (Å²) in [4.78, 5) is 13.9. The molecule has 0 amide bonds. The Balaban J connectivity index is 1.95. The second-order valence-corrected chi connectivity index (χ2v) is 4.06. The summed E-state index contributed by atoms with van der Waals surface area (Å²) in [5, 5.41) is 18.0. The van der Waals surface area contributed by atoms with Crippen LogP contribution in [-0.4, -0.2) is 9.91 Å². The van der Waals surface area contributed by atoms with E-state index >= 15 is 0 Å². The first-order valence-electron chi connectivity index (χ1n) is 5.76. The van der Waals surface area contributed by atoms with Crippen LogP contribution in [0.5, 0.6) is 0 Å². The maximum absolute atomic E-state index is 10.6. The minimum absolute atomic E-state index is 0.170. The second kappa shape index (κ2) is 4.88. The molecular formula is C13H8N5O2. The topological polar surface area (TPSA) is 94.8 Å². The van der Waals surface area contributed by atoms with E-state index in [2.05, 4.69) is 20.7 Å². The van der Waals surface area contributed by atoms with Gasteiger partial charge in [0.15, 0.2) is 0 Å². The van der Waals surface area contributed by atoms with Crippen molar-refractivity contribution < 1.29 is 4.92 Å². The Morgan fingerprint density at radius 3 is 2.55 bits per heavy atom. The van der Waals surface area contributed by atoms with E-state index in [0.29, 0.717) is 5.70 Å². The van der Waals surface area contributed by atoms with E-state index in [1.807, 2.05) is 24.3 Å². The van der Waals surface area contributed by atoms with Crippen LogP contribution in [-0.2, 0) is 0 Å². The van der Waals surface area contributed by atoms with Crippen LogP contribution in [0.2, 0.25) is 0 Å². The van der Waals surface area contributed by atoms with Crippen molar-refractivity contribution in [1.82, 2.24) is 10.4 Å². The molecule has 1 radical (unpaired) electrons. The highest BCUT2D eigenvalue weighted by Gasteiger charge is 2.10. The third-order valence-corrected chi connectivity index (χ3v) is 2.81. The lowest BCUT2D eigenvalue weighted by Gasteiger charge is -2.02. The average molecular weight is 266 g/mol. The third kappa shape index (κ3) is 2.24. The van der Waals surface area contributed by atoms with Gasteiger partial charge in [0.1, 0.15) is 11.9 Å². The molecule has 1 aliphatic heterocycles. The molecule has 0 N–H and O–H groups in total. The Morgan fingerprint density at radius 1 is 1.05 bits per heavy atom. The van der Waals surface area contributed by atoms with Crippen molar-refractivity contribution >= 4 is 11.5 Å². The predicted molar refractivity (Wildman–Crippen MR) is 71.3 cm³/mol. The molecule has 2 heterocycles. The maximum Gasteiger partial charge on any atom is 0.363 e. The number of rotatable bonds is 3. The lowest BCUT2D eigenvalue weighted by atomic mass is 10.0. The van der Waals surface area contributed by atoms with E-state index < -0.39 is 4.92 Å². The van der Waals surface area contributed by atoms with Crippen molar-refractivity contribution in [3.05, 3.63) is 64.5 Å². The normalized spacial score (nSPS) is 12.9. The van der Waals surface area contributed by atoms with Crippen LogP contribution in [0.3, 0.4) is 0 Å². The molecule has 0 saturated heterocycles. The van der Waals surface area contributed by atoms with E-state index in [1.165, 1.54) is 12.3 Å². The van der Waals surface area contributed by atoms with Crippen molar-refractivity contribution in [3.63, 3.8) is 0 Å². The van der Waals surface area contributed by atoms with Gasteiger partial charge in [-0.05, 0) is 32.8 Å². The monoisotopic (exact) mass is 266 g/mol. The van der Waals surface area contributed by atoms with E-state index in [9.17, 15) is 10.1 Å². The largest absolute Gasteiger partial charge is 0.363 e. The fourth-order valence-corrected chi connectivity index (χ4v) is 1.84. The molecule has 97 valence electrons. The van der Waals surface area contributed by atoms with Gasteiger partial charge in [0.2, 0.25) is 0 Å². The summed E-state index contributed by atoms with van der Waals surface area (Å²) < 4.78 is 0. The van der Waals surface area contributed by atoms with Crippen LogP contribution < -0.4 is 5.43 Å². The Kier molecular flexibility index (Phi) is 2.92. The first kappa shape index (κ1) is 12.0. The minimum Gasteiger partial charge on any atom is -0.358 e. The van der Waals surface area contributed by atoms with Gasteiger partial charge < -0.3 is 10.1 Å². The second-order valence-electron chi connectivity index (χ2n) is 4.06. The molecule has 1 aromatic carbocycles. The number of pyridine rings is 1. The standard InChI is InChI=1S/C13H8N5O2/c19-18(20)13-5-4-11(7-14-13)9-2-1-3-10(6-9)12-8-15-17-16-12/h1-8H. The fourth-order valence-electron chi connectivity index (χ4n) is 1.84. The first-order chi connectivity index (χ1) is 9.74. The van der Waals surface area contributed by atoms with Crippen LogP contribution in [0.15, 0.2) is 59.1 Å². The van der Waals surface area contributed by atoms with Crippen LogP contribution in [0, 0.1) is 10.1 Å². The molecule has 1 aliphatic rings. The Morgan fingerprint density at radius 2 is 1.90 bits per heavy atom. The minimum atomic E-state index is -0.522. The SMILES string of the molecule is O=[N+]([O-])c1ccc(-c2cccc(C3=C[N]N=N3)c2)cn1. The zero-order chi connectivity index (χ0) is 13.9. The van der Waals surface area contributed by atoms with Crippen molar-refractivity contribution in [2.45, 2.75) is 0 Å². The molecule has 2 aromatic rings. The lowest BCUT2D eigenvalue weighted by Crippen LogP contribution is -1.91. The smallest absolute Gasteiger partial charge is 0.358 e. The molecule has 3 rings (SSSR count). The third-order valence-electron chi connectivity index (χ3n) is 2.81. The van der Waals surface area contributed by atoms with E-state index in [1.54, 1.807) is 12.3 Å². The highest BCUT2D eigenvalue weighted by atomic mass is 16.6. The molecule has 7 heteroatoms. The molecule has 7 nitrogen and oxygen atoms in total. The van der Waals surface area contributed by atoms with Gasteiger partial charge in [0, 0.05) is 17.2 Å². The fraction of sp³-hybridized carbons (Fsp3) is 0. The molecule has 20 heavy (non-hydrogen) atoms. The van der Waals surface area contributed by atoms with Crippen molar-refractivity contribution in [3.8, 4) is 11.1 Å². The quantitative estimate of drug-likeness (QED) is 0.631. The molecular weight excluding hydrogens is 258 g/mol. The molecule has 0 atom stereocenters. The molecule has 0 spiro atoms. The van der Waals surface area contributed by atoms with E-state index in [4.69, 9.17) is 0 Å². The molecule has 0 saturated carbocycles. The molecule has 0 fully saturated rings. The van der Waals surface area contributed by atoms with Gasteiger partial charge in [-0.3, -0.25) is 0 Å². The molecule has 1 aromatic heterocycles. The molecule has 0 unspecified atom stereocenters. The molecule has 0 bridgehead atoms. The van der Waals surface area contributed by atoms with Gasteiger partial charge in [0.25, 0.3) is 0 Å². The van der Waals surface area contributed by atoms with Gasteiger partial charge in [-0.1, -0.05) is 18.2 Å². The summed E-state index contributed by atoms with van der Waals surface area (Å²) >= 11 is 0. The summed E-state index contributed by atoms with van der Waals surface area (Å²) in [6.07, 6.45) is 3.05. The highest BCUT2D eigenvalue weighted by Crippen LogP contribution is 2.26.